The molecule has 0 spiro atoms. The number of hydrogen-bond donors (Lipinski definition) is 0. The highest BCUT2D eigenvalue weighted by Crippen LogP contribution is 2.39. The van der Waals surface area contributed by atoms with E-state index < -0.39 is 6.04 Å². The van der Waals surface area contributed by atoms with Gasteiger partial charge >= 0.3 is 0 Å². The van der Waals surface area contributed by atoms with E-state index in [-0.39, 0.29) is 11.8 Å². The van der Waals surface area contributed by atoms with Gasteiger partial charge in [0.15, 0.2) is 5.78 Å². The van der Waals surface area contributed by atoms with Crippen molar-refractivity contribution < 1.29 is 9.53 Å². The van der Waals surface area contributed by atoms with E-state index in [9.17, 15) is 4.79 Å². The summed E-state index contributed by atoms with van der Waals surface area (Å²) < 4.78 is 7.48. The minimum absolute atomic E-state index is 0.00229. The second-order valence-electron chi connectivity index (χ2n) is 8.20. The van der Waals surface area contributed by atoms with Gasteiger partial charge in [0.1, 0.15) is 17.8 Å². The zero-order valence-corrected chi connectivity index (χ0v) is 19.2. The number of nitrogens with zero attached hydrogens (tertiary/aromatic N) is 2. The molecule has 4 aromatic rings. The summed E-state index contributed by atoms with van der Waals surface area (Å²) >= 11 is 6.11. The molecule has 0 radical (unpaired) electrons. The Morgan fingerprint density at radius 3 is 2.48 bits per heavy atom. The first-order valence-electron chi connectivity index (χ1n) is 10.8. The Hall–Kier alpha value is -3.63. The molecule has 5 rings (SSSR count). The predicted octanol–water partition coefficient (Wildman–Crippen LogP) is 6.72. The Morgan fingerprint density at radius 2 is 1.76 bits per heavy atom. The average Bonchev–Trinajstić information content (AvgIpc) is 3.32. The number of carbonyl (C=O) groups is 1. The normalized spacial score (nSPS) is 16.9. The first-order valence-corrected chi connectivity index (χ1v) is 11.2. The SMILES string of the molecule is COc1ccc(C(=O)[C@@H]2[C@@H](c3ccc(C)cc3)N=Cc3cccn32)c(-c2ccc(Cl)cc2)c1. The zero-order valence-electron chi connectivity index (χ0n) is 18.4. The zero-order chi connectivity index (χ0) is 22.9. The number of aromatic nitrogens is 1. The molecule has 1 aliphatic rings. The Labute approximate surface area is 198 Å². The van der Waals surface area contributed by atoms with Crippen LogP contribution in [-0.4, -0.2) is 23.7 Å². The predicted molar refractivity (Wildman–Crippen MR) is 133 cm³/mol. The molecular formula is C28H23ClN2O2. The lowest BCUT2D eigenvalue weighted by Gasteiger charge is -2.30. The van der Waals surface area contributed by atoms with Crippen molar-refractivity contribution in [2.24, 2.45) is 4.99 Å². The summed E-state index contributed by atoms with van der Waals surface area (Å²) in [5.74, 6) is 0.692. The van der Waals surface area contributed by atoms with Gasteiger partial charge in [-0.05, 0) is 66.1 Å². The first-order chi connectivity index (χ1) is 16.0. The maximum absolute atomic E-state index is 14.2. The molecule has 1 aromatic heterocycles. The number of Topliss-reactive ketones (excluding diaryl/α,β-unsaturated/α-hetero) is 1. The number of aryl methyl sites for hydroxylation is 1. The van der Waals surface area contributed by atoms with E-state index in [1.54, 1.807) is 7.11 Å². The van der Waals surface area contributed by atoms with Crippen LogP contribution in [0.3, 0.4) is 0 Å². The Morgan fingerprint density at radius 1 is 1.00 bits per heavy atom. The van der Waals surface area contributed by atoms with Gasteiger partial charge in [-0.15, -0.1) is 0 Å². The van der Waals surface area contributed by atoms with Crippen molar-refractivity contribution in [3.63, 3.8) is 0 Å². The summed E-state index contributed by atoms with van der Waals surface area (Å²) in [7, 11) is 1.62. The summed E-state index contributed by atoms with van der Waals surface area (Å²) in [5.41, 5.74) is 5.43. The standard InChI is InChI=1S/C28H23ClN2O2/c1-18-5-7-20(8-6-18)26-27(31-15-3-4-22(31)17-30-26)28(32)24-14-13-23(33-2)16-25(24)19-9-11-21(29)12-10-19/h3-17,26-27H,1-2H3/t26-,27+/m1/s1. The largest absolute Gasteiger partial charge is 0.497 e. The van der Waals surface area contributed by atoms with Gasteiger partial charge in [0, 0.05) is 23.0 Å². The molecule has 164 valence electrons. The van der Waals surface area contributed by atoms with Crippen LogP contribution < -0.4 is 4.74 Å². The number of fused-ring (bicyclic) bond motifs is 1. The van der Waals surface area contributed by atoms with Crippen LogP contribution >= 0.6 is 11.6 Å². The molecular weight excluding hydrogens is 432 g/mol. The molecule has 0 N–H and O–H groups in total. The lowest BCUT2D eigenvalue weighted by molar-refractivity contribution is 0.0906. The van der Waals surface area contributed by atoms with Gasteiger partial charge in [0.25, 0.3) is 0 Å². The van der Waals surface area contributed by atoms with Crippen molar-refractivity contribution in [1.29, 1.82) is 0 Å². The van der Waals surface area contributed by atoms with Crippen molar-refractivity contribution in [2.75, 3.05) is 7.11 Å². The topological polar surface area (TPSA) is 43.6 Å². The fourth-order valence-corrected chi connectivity index (χ4v) is 4.48. The number of hydrogen-bond acceptors (Lipinski definition) is 3. The highest BCUT2D eigenvalue weighted by molar-refractivity contribution is 6.30. The summed E-state index contributed by atoms with van der Waals surface area (Å²) in [5, 5.41) is 0.646. The van der Waals surface area contributed by atoms with E-state index in [0.717, 1.165) is 22.4 Å². The molecule has 1 aliphatic heterocycles. The molecule has 4 nitrogen and oxygen atoms in total. The molecule has 0 fully saturated rings. The Kier molecular flexibility index (Phi) is 5.61. The third-order valence-electron chi connectivity index (χ3n) is 6.11. The van der Waals surface area contributed by atoms with Crippen molar-refractivity contribution in [1.82, 2.24) is 4.57 Å². The van der Waals surface area contributed by atoms with Crippen LogP contribution in [0.5, 0.6) is 5.75 Å². The van der Waals surface area contributed by atoms with Gasteiger partial charge in [-0.2, -0.15) is 0 Å². The fraction of sp³-hybridized carbons (Fsp3) is 0.143. The van der Waals surface area contributed by atoms with Crippen molar-refractivity contribution >= 4 is 23.6 Å². The van der Waals surface area contributed by atoms with E-state index >= 15 is 0 Å². The number of rotatable bonds is 5. The van der Waals surface area contributed by atoms with E-state index in [2.05, 4.69) is 31.2 Å². The van der Waals surface area contributed by atoms with Crippen molar-refractivity contribution in [2.45, 2.75) is 19.0 Å². The molecule has 5 heteroatoms. The minimum atomic E-state index is -0.498. The van der Waals surface area contributed by atoms with E-state index in [1.807, 2.05) is 71.6 Å². The highest BCUT2D eigenvalue weighted by atomic mass is 35.5. The number of carbonyl (C=O) groups excluding carboxylic acids is 1. The average molecular weight is 455 g/mol. The molecule has 3 aromatic carbocycles. The van der Waals surface area contributed by atoms with Crippen LogP contribution in [0.15, 0.2) is 90.1 Å². The van der Waals surface area contributed by atoms with E-state index in [1.165, 1.54) is 5.56 Å². The number of aliphatic imine (C=N–C) groups is 1. The van der Waals surface area contributed by atoms with Gasteiger partial charge in [-0.1, -0.05) is 53.6 Å². The van der Waals surface area contributed by atoms with Gasteiger partial charge in [-0.25, -0.2) is 0 Å². The molecule has 2 heterocycles. The summed E-state index contributed by atoms with van der Waals surface area (Å²) in [6.07, 6.45) is 3.80. The number of ether oxygens (including phenoxy) is 1. The van der Waals surface area contributed by atoms with Crippen LogP contribution in [0.1, 0.15) is 39.3 Å². The Bertz CT molecular complexity index is 1340. The second-order valence-corrected chi connectivity index (χ2v) is 8.64. The van der Waals surface area contributed by atoms with Gasteiger partial charge < -0.3 is 9.30 Å². The number of ketones is 1. The maximum Gasteiger partial charge on any atom is 0.188 e. The third-order valence-corrected chi connectivity index (χ3v) is 6.36. The van der Waals surface area contributed by atoms with Gasteiger partial charge in [-0.3, -0.25) is 9.79 Å². The smallest absolute Gasteiger partial charge is 0.188 e. The monoisotopic (exact) mass is 454 g/mol. The summed E-state index contributed by atoms with van der Waals surface area (Å²) in [6.45, 7) is 2.05. The van der Waals surface area contributed by atoms with Gasteiger partial charge in [0.05, 0.1) is 12.8 Å². The summed E-state index contributed by atoms with van der Waals surface area (Å²) in [4.78, 5) is 19.0. The third kappa shape index (κ3) is 3.98. The molecule has 0 saturated heterocycles. The van der Waals surface area contributed by atoms with Crippen LogP contribution in [0.25, 0.3) is 11.1 Å². The highest BCUT2D eigenvalue weighted by Gasteiger charge is 2.35. The second kappa shape index (κ2) is 8.72. The van der Waals surface area contributed by atoms with Crippen molar-refractivity contribution in [3.8, 4) is 16.9 Å². The number of halogens is 1. The lowest BCUT2D eigenvalue weighted by atomic mass is 9.88. The Balaban J connectivity index is 1.64. The summed E-state index contributed by atoms with van der Waals surface area (Å²) in [6, 6.07) is 24.4. The molecule has 2 atom stereocenters. The van der Waals surface area contributed by atoms with Crippen molar-refractivity contribution in [3.05, 3.63) is 112 Å². The van der Waals surface area contributed by atoms with Crippen LogP contribution in [0.4, 0.5) is 0 Å². The fourth-order valence-electron chi connectivity index (χ4n) is 4.35. The molecule has 0 saturated carbocycles. The van der Waals surface area contributed by atoms with E-state index in [4.69, 9.17) is 21.3 Å². The van der Waals surface area contributed by atoms with E-state index in [0.29, 0.717) is 16.3 Å². The molecule has 0 aliphatic carbocycles. The number of benzene rings is 3. The molecule has 0 bridgehead atoms. The lowest BCUT2D eigenvalue weighted by Crippen LogP contribution is -2.29. The quantitative estimate of drug-likeness (QED) is 0.314. The minimum Gasteiger partial charge on any atom is -0.497 e. The van der Waals surface area contributed by atoms with Crippen LogP contribution in [-0.2, 0) is 0 Å². The van der Waals surface area contributed by atoms with Crippen LogP contribution in [0, 0.1) is 6.92 Å². The molecule has 0 amide bonds. The van der Waals surface area contributed by atoms with Gasteiger partial charge in [0.2, 0.25) is 0 Å². The number of methoxy groups -OCH3 is 1. The first kappa shape index (κ1) is 21.2. The maximum atomic E-state index is 14.2. The molecule has 33 heavy (non-hydrogen) atoms. The van der Waals surface area contributed by atoms with Crippen LogP contribution in [0.2, 0.25) is 5.02 Å². The molecule has 0 unspecified atom stereocenters.